The molecule has 0 saturated carbocycles. The van der Waals surface area contributed by atoms with Gasteiger partial charge in [0.2, 0.25) is 5.17 Å². The highest BCUT2D eigenvalue weighted by Gasteiger charge is 2.36. The zero-order valence-corrected chi connectivity index (χ0v) is 24.9. The van der Waals surface area contributed by atoms with Gasteiger partial charge in [0.05, 0.1) is 22.2 Å². The normalized spacial score (nSPS) is 15.5. The molecule has 0 atom stereocenters. The van der Waals surface area contributed by atoms with Gasteiger partial charge >= 0.3 is 0 Å². The van der Waals surface area contributed by atoms with Gasteiger partial charge in [-0.2, -0.15) is 15.1 Å². The number of rotatable bonds is 9. The van der Waals surface area contributed by atoms with Crippen LogP contribution < -0.4 is 14.2 Å². The molecular weight excluding hydrogens is 583 g/mol. The molecule has 0 fully saturated rings. The Morgan fingerprint density at radius 3 is 2.37 bits per heavy atom. The lowest BCUT2D eigenvalue weighted by Gasteiger charge is -2.20. The maximum Gasteiger partial charge on any atom is 0.283 e. The highest BCUT2D eigenvalue weighted by Crippen LogP contribution is 2.38. The number of halogens is 2. The summed E-state index contributed by atoms with van der Waals surface area (Å²) in [6, 6.07) is 16.6. The Labute approximate surface area is 252 Å². The summed E-state index contributed by atoms with van der Waals surface area (Å²) in [7, 11) is 0. The van der Waals surface area contributed by atoms with E-state index in [9.17, 15) is 4.79 Å². The van der Waals surface area contributed by atoms with Crippen LogP contribution in [0.1, 0.15) is 29.2 Å². The average molecular weight is 610 g/mol. The molecule has 2 aliphatic heterocycles. The molecule has 3 aromatic carbocycles. The van der Waals surface area contributed by atoms with Gasteiger partial charge in [-0.15, -0.1) is 0 Å². The van der Waals surface area contributed by atoms with E-state index in [1.54, 1.807) is 24.3 Å². The number of amides is 1. The number of thioether (sulfide) groups is 1. The van der Waals surface area contributed by atoms with Gasteiger partial charge in [-0.1, -0.05) is 59.6 Å². The number of ether oxygens (including phenoxy) is 3. The topological polar surface area (TPSA) is 96.6 Å². The lowest BCUT2D eigenvalue weighted by molar-refractivity contribution is -0.114. The first-order valence-electron chi connectivity index (χ1n) is 12.8. The molecular formula is C30H26Cl2N4O4S. The standard InChI is InChI=1S/C30H26Cl2N4O4S/c1-4-38-24-16-19(15-23(32)26(24)40-13-12-39-25-17(2)8-7-9-18(25)3)14-21-27(33)36-30(34-28(21)37)41-29(35-36)20-10-5-6-11-22(20)31/h5-11,14-16,33H,4,12-13H2,1-3H3/b21-14+,33-27?. The first-order valence-corrected chi connectivity index (χ1v) is 14.4. The van der Waals surface area contributed by atoms with Crippen molar-refractivity contribution in [3.8, 4) is 17.2 Å². The average Bonchev–Trinajstić information content (AvgIpc) is 3.36. The van der Waals surface area contributed by atoms with Crippen LogP contribution in [0.5, 0.6) is 17.2 Å². The molecule has 8 nitrogen and oxygen atoms in total. The van der Waals surface area contributed by atoms with Crippen LogP contribution >= 0.6 is 35.0 Å². The Hall–Kier alpha value is -3.79. The third-order valence-electron chi connectivity index (χ3n) is 6.19. The third kappa shape index (κ3) is 6.12. The Balaban J connectivity index is 1.35. The van der Waals surface area contributed by atoms with E-state index in [4.69, 9.17) is 42.8 Å². The van der Waals surface area contributed by atoms with Crippen LogP contribution in [-0.2, 0) is 4.79 Å². The van der Waals surface area contributed by atoms with Gasteiger partial charge in [-0.05, 0) is 73.5 Å². The number of carbonyl (C=O) groups excluding carboxylic acids is 1. The van der Waals surface area contributed by atoms with Crippen LogP contribution in [0.15, 0.2) is 70.3 Å². The summed E-state index contributed by atoms with van der Waals surface area (Å²) in [6.07, 6.45) is 1.54. The molecule has 1 N–H and O–H groups in total. The highest BCUT2D eigenvalue weighted by molar-refractivity contribution is 8.27. The summed E-state index contributed by atoms with van der Waals surface area (Å²) in [5.74, 6) is 0.957. The minimum atomic E-state index is -0.553. The molecule has 41 heavy (non-hydrogen) atoms. The minimum Gasteiger partial charge on any atom is -0.490 e. The number of nitrogens with one attached hydrogen (secondary N) is 1. The predicted octanol–water partition coefficient (Wildman–Crippen LogP) is 7.13. The smallest absolute Gasteiger partial charge is 0.283 e. The summed E-state index contributed by atoms with van der Waals surface area (Å²) in [4.78, 5) is 17.1. The molecule has 0 unspecified atom stereocenters. The molecule has 0 bridgehead atoms. The number of carbonyl (C=O) groups is 1. The first kappa shape index (κ1) is 28.7. The molecule has 0 radical (unpaired) electrons. The predicted molar refractivity (Wildman–Crippen MR) is 165 cm³/mol. The van der Waals surface area contributed by atoms with E-state index >= 15 is 0 Å². The molecule has 0 aliphatic carbocycles. The fourth-order valence-electron chi connectivity index (χ4n) is 4.29. The van der Waals surface area contributed by atoms with Crippen molar-refractivity contribution in [1.82, 2.24) is 5.01 Å². The zero-order chi connectivity index (χ0) is 29.1. The van der Waals surface area contributed by atoms with E-state index in [1.807, 2.05) is 57.2 Å². The van der Waals surface area contributed by atoms with Crippen molar-refractivity contribution in [3.05, 3.63) is 92.5 Å². The number of benzene rings is 3. The number of aliphatic imine (C=N–C) groups is 1. The van der Waals surface area contributed by atoms with Crippen molar-refractivity contribution in [2.75, 3.05) is 19.8 Å². The van der Waals surface area contributed by atoms with E-state index in [0.717, 1.165) is 16.9 Å². The van der Waals surface area contributed by atoms with Crippen molar-refractivity contribution in [2.24, 2.45) is 10.1 Å². The second-order valence-electron chi connectivity index (χ2n) is 9.09. The van der Waals surface area contributed by atoms with Crippen LogP contribution in [-0.4, -0.2) is 46.8 Å². The minimum absolute atomic E-state index is 0.0627. The van der Waals surface area contributed by atoms with E-state index in [1.165, 1.54) is 16.8 Å². The van der Waals surface area contributed by atoms with Crippen LogP contribution in [0.2, 0.25) is 10.0 Å². The number of aryl methyl sites for hydroxylation is 2. The lowest BCUT2D eigenvalue weighted by Crippen LogP contribution is -2.35. The van der Waals surface area contributed by atoms with Crippen molar-refractivity contribution in [3.63, 3.8) is 0 Å². The number of nitrogens with zero attached hydrogens (tertiary/aromatic N) is 3. The summed E-state index contributed by atoms with van der Waals surface area (Å²) in [5.41, 5.74) is 3.41. The zero-order valence-electron chi connectivity index (χ0n) is 22.5. The number of hydrogen-bond acceptors (Lipinski definition) is 7. The number of amidine groups is 2. The number of hydrazone groups is 1. The lowest BCUT2D eigenvalue weighted by atomic mass is 10.1. The molecule has 11 heteroatoms. The SMILES string of the molecule is CCOc1cc(/C=C2\C(=N)N3N=C(c4ccccc4Cl)SC3=NC2=O)cc(Cl)c1OCCOc1c(C)cccc1C. The molecule has 0 saturated heterocycles. The van der Waals surface area contributed by atoms with Gasteiger partial charge in [0, 0.05) is 5.56 Å². The monoisotopic (exact) mass is 608 g/mol. The van der Waals surface area contributed by atoms with Crippen molar-refractivity contribution in [2.45, 2.75) is 20.8 Å². The molecule has 210 valence electrons. The number of para-hydroxylation sites is 1. The fourth-order valence-corrected chi connectivity index (χ4v) is 5.78. The second kappa shape index (κ2) is 12.4. The fraction of sp³-hybridized carbons (Fsp3) is 0.200. The molecule has 1 amide bonds. The summed E-state index contributed by atoms with van der Waals surface area (Å²) in [5, 5.41) is 16.2. The largest absolute Gasteiger partial charge is 0.490 e. The summed E-state index contributed by atoms with van der Waals surface area (Å²) >= 11 is 14.1. The van der Waals surface area contributed by atoms with E-state index < -0.39 is 5.91 Å². The van der Waals surface area contributed by atoms with Gasteiger partial charge < -0.3 is 14.2 Å². The third-order valence-corrected chi connectivity index (χ3v) is 7.74. The Kier molecular flexibility index (Phi) is 8.68. The van der Waals surface area contributed by atoms with Crippen LogP contribution in [0, 0.1) is 19.3 Å². The Morgan fingerprint density at radius 2 is 1.66 bits per heavy atom. The molecule has 2 aliphatic rings. The molecule has 0 aromatic heterocycles. The van der Waals surface area contributed by atoms with Gasteiger partial charge in [-0.25, -0.2) is 0 Å². The second-order valence-corrected chi connectivity index (χ2v) is 10.9. The Morgan fingerprint density at radius 1 is 0.951 bits per heavy atom. The summed E-state index contributed by atoms with van der Waals surface area (Å²) < 4.78 is 17.7. The van der Waals surface area contributed by atoms with Crippen molar-refractivity contribution < 1.29 is 19.0 Å². The van der Waals surface area contributed by atoms with Crippen LogP contribution in [0.4, 0.5) is 0 Å². The van der Waals surface area contributed by atoms with Crippen LogP contribution in [0.25, 0.3) is 6.08 Å². The van der Waals surface area contributed by atoms with Crippen molar-refractivity contribution >= 4 is 63.0 Å². The Bertz CT molecular complexity index is 1620. The van der Waals surface area contributed by atoms with Gasteiger partial charge in [0.25, 0.3) is 5.91 Å². The molecule has 0 spiro atoms. The van der Waals surface area contributed by atoms with Crippen molar-refractivity contribution in [1.29, 1.82) is 5.41 Å². The molecule has 3 aromatic rings. The van der Waals surface area contributed by atoms with Gasteiger partial charge in [0.1, 0.15) is 24.0 Å². The van der Waals surface area contributed by atoms with E-state index in [2.05, 4.69) is 10.1 Å². The number of fused-ring (bicyclic) bond motifs is 1. The maximum absolute atomic E-state index is 12.9. The van der Waals surface area contributed by atoms with E-state index in [-0.39, 0.29) is 18.0 Å². The number of hydrogen-bond donors (Lipinski definition) is 1. The molecule has 5 rings (SSSR count). The van der Waals surface area contributed by atoms with Gasteiger partial charge in [0.15, 0.2) is 17.3 Å². The molecule has 2 heterocycles. The highest BCUT2D eigenvalue weighted by atomic mass is 35.5. The van der Waals surface area contributed by atoms with Crippen LogP contribution in [0.3, 0.4) is 0 Å². The van der Waals surface area contributed by atoms with E-state index in [0.29, 0.717) is 56.1 Å². The quantitative estimate of drug-likeness (QED) is 0.205. The maximum atomic E-state index is 12.9. The first-order chi connectivity index (χ1) is 19.8. The summed E-state index contributed by atoms with van der Waals surface area (Å²) in [6.45, 7) is 6.77. The van der Waals surface area contributed by atoms with Gasteiger partial charge in [-0.3, -0.25) is 10.2 Å².